The van der Waals surface area contributed by atoms with Crippen LogP contribution >= 0.6 is 0 Å². The van der Waals surface area contributed by atoms with Gasteiger partial charge >= 0.3 is 0 Å². The number of amides is 1. The number of carbonyl (C=O) groups excluding carboxylic acids is 2. The Bertz CT molecular complexity index is 494. The topological polar surface area (TPSA) is 66.4 Å². The van der Waals surface area contributed by atoms with Gasteiger partial charge in [0.1, 0.15) is 5.78 Å². The number of Topliss-reactive ketones (excluding diaryl/α,β-unsaturated/α-hetero) is 1. The van der Waals surface area contributed by atoms with Gasteiger partial charge < -0.3 is 10.4 Å². The van der Waals surface area contributed by atoms with Gasteiger partial charge in [-0.05, 0) is 12.8 Å². The third-order valence-corrected chi connectivity index (χ3v) is 7.74. The van der Waals surface area contributed by atoms with Gasteiger partial charge in [0.2, 0.25) is 5.91 Å². The average Bonchev–Trinajstić information content (AvgIpc) is 2.90. The Labute approximate surface area is 231 Å². The second kappa shape index (κ2) is 29.7. The molecule has 0 aliphatic carbocycles. The quantitative estimate of drug-likeness (QED) is 0.0727. The lowest BCUT2D eigenvalue weighted by Crippen LogP contribution is -2.36. The highest BCUT2D eigenvalue weighted by Crippen LogP contribution is 2.18. The maximum Gasteiger partial charge on any atom is 0.230 e. The first-order chi connectivity index (χ1) is 18.2. The van der Waals surface area contributed by atoms with E-state index >= 15 is 0 Å². The largest absolute Gasteiger partial charge is 0.395 e. The first-order valence-electron chi connectivity index (χ1n) is 16.6. The minimum Gasteiger partial charge on any atom is -0.395 e. The van der Waals surface area contributed by atoms with Gasteiger partial charge in [-0.15, -0.1) is 0 Å². The first-order valence-corrected chi connectivity index (χ1v) is 16.6. The molecule has 0 aliphatic heterocycles. The number of hydrogen-bond acceptors (Lipinski definition) is 3. The highest BCUT2D eigenvalue weighted by Gasteiger charge is 2.25. The summed E-state index contributed by atoms with van der Waals surface area (Å²) in [4.78, 5) is 25.4. The van der Waals surface area contributed by atoms with Crippen LogP contribution in [0.3, 0.4) is 0 Å². The molecule has 0 rings (SSSR count). The third-order valence-electron chi connectivity index (χ3n) is 7.74. The SMILES string of the molecule is CCCCCCCCCCCCCCC(=O)C(CCCCCCCCCCCCCC)C(=O)NCCO. The number of hydrogen-bond donors (Lipinski definition) is 2. The summed E-state index contributed by atoms with van der Waals surface area (Å²) in [6, 6.07) is 0. The predicted molar refractivity (Wildman–Crippen MR) is 160 cm³/mol. The van der Waals surface area contributed by atoms with Gasteiger partial charge in [0.25, 0.3) is 0 Å². The van der Waals surface area contributed by atoms with E-state index in [1.54, 1.807) is 0 Å². The summed E-state index contributed by atoms with van der Waals surface area (Å²) >= 11 is 0. The molecular weight excluding hydrogens is 458 g/mol. The summed E-state index contributed by atoms with van der Waals surface area (Å²) in [6.07, 6.45) is 31.9. The third kappa shape index (κ3) is 25.2. The number of rotatable bonds is 30. The Hall–Kier alpha value is -0.900. The van der Waals surface area contributed by atoms with Crippen LogP contribution in [0.15, 0.2) is 0 Å². The van der Waals surface area contributed by atoms with Crippen molar-refractivity contribution in [2.45, 2.75) is 181 Å². The van der Waals surface area contributed by atoms with Crippen molar-refractivity contribution < 1.29 is 14.7 Å². The van der Waals surface area contributed by atoms with Crippen LogP contribution in [0.1, 0.15) is 181 Å². The lowest BCUT2D eigenvalue weighted by atomic mass is 9.92. The molecule has 0 spiro atoms. The zero-order valence-electron chi connectivity index (χ0n) is 25.1. The van der Waals surface area contributed by atoms with Crippen molar-refractivity contribution in [3.63, 3.8) is 0 Å². The number of nitrogens with one attached hydrogen (secondary N) is 1. The van der Waals surface area contributed by atoms with E-state index in [4.69, 9.17) is 5.11 Å². The molecule has 0 aromatic rings. The number of unbranched alkanes of at least 4 members (excludes halogenated alkanes) is 22. The van der Waals surface area contributed by atoms with Gasteiger partial charge in [-0.2, -0.15) is 0 Å². The maximum absolute atomic E-state index is 12.8. The van der Waals surface area contributed by atoms with E-state index in [-0.39, 0.29) is 24.8 Å². The Kier molecular flexibility index (Phi) is 28.9. The van der Waals surface area contributed by atoms with Gasteiger partial charge in [0, 0.05) is 13.0 Å². The van der Waals surface area contributed by atoms with E-state index in [1.165, 1.54) is 128 Å². The molecule has 37 heavy (non-hydrogen) atoms. The van der Waals surface area contributed by atoms with Crippen LogP contribution in [-0.4, -0.2) is 29.9 Å². The highest BCUT2D eigenvalue weighted by atomic mass is 16.3. The van der Waals surface area contributed by atoms with Crippen molar-refractivity contribution in [2.24, 2.45) is 5.92 Å². The van der Waals surface area contributed by atoms with Gasteiger partial charge in [-0.3, -0.25) is 9.59 Å². The van der Waals surface area contributed by atoms with Crippen LogP contribution < -0.4 is 5.32 Å². The zero-order valence-corrected chi connectivity index (χ0v) is 25.1. The van der Waals surface area contributed by atoms with Crippen molar-refractivity contribution in [1.29, 1.82) is 0 Å². The molecule has 4 heteroatoms. The second-order valence-corrected chi connectivity index (χ2v) is 11.4. The molecule has 1 unspecified atom stereocenters. The summed E-state index contributed by atoms with van der Waals surface area (Å²) < 4.78 is 0. The number of aliphatic hydroxyl groups is 1. The van der Waals surface area contributed by atoms with Crippen molar-refractivity contribution in [3.05, 3.63) is 0 Å². The zero-order chi connectivity index (χ0) is 27.2. The molecule has 0 fully saturated rings. The summed E-state index contributed by atoms with van der Waals surface area (Å²) in [5.74, 6) is -0.603. The number of aliphatic hydroxyl groups excluding tert-OH is 1. The van der Waals surface area contributed by atoms with E-state index < -0.39 is 5.92 Å². The Morgan fingerprint density at radius 2 is 0.892 bits per heavy atom. The number of ketones is 1. The van der Waals surface area contributed by atoms with Gasteiger partial charge in [-0.25, -0.2) is 0 Å². The molecule has 1 amide bonds. The first kappa shape index (κ1) is 36.1. The van der Waals surface area contributed by atoms with Crippen LogP contribution in [-0.2, 0) is 9.59 Å². The van der Waals surface area contributed by atoms with Crippen LogP contribution in [0.2, 0.25) is 0 Å². The smallest absolute Gasteiger partial charge is 0.230 e. The van der Waals surface area contributed by atoms with Crippen LogP contribution in [0.5, 0.6) is 0 Å². The molecule has 0 aromatic carbocycles. The van der Waals surface area contributed by atoms with Crippen molar-refractivity contribution >= 4 is 11.7 Å². The molecule has 2 N–H and O–H groups in total. The minimum absolute atomic E-state index is 0.0794. The standard InChI is InChI=1S/C33H65NO3/c1-3-5-7-9-11-13-15-17-19-21-23-25-27-31(33(37)34-29-30-35)32(36)28-26-24-22-20-18-16-14-12-10-8-6-4-2/h31,35H,3-30H2,1-2H3,(H,34,37). The van der Waals surface area contributed by atoms with E-state index in [0.29, 0.717) is 12.8 Å². The molecule has 0 heterocycles. The summed E-state index contributed by atoms with van der Waals surface area (Å²) in [5.41, 5.74) is 0. The fourth-order valence-electron chi connectivity index (χ4n) is 5.24. The molecule has 0 radical (unpaired) electrons. The molecule has 0 saturated carbocycles. The Morgan fingerprint density at radius 3 is 1.27 bits per heavy atom. The molecule has 0 saturated heterocycles. The lowest BCUT2D eigenvalue weighted by Gasteiger charge is -2.15. The summed E-state index contributed by atoms with van der Waals surface area (Å²) in [6.45, 7) is 4.68. The molecule has 0 aliphatic rings. The second-order valence-electron chi connectivity index (χ2n) is 11.4. The Balaban J connectivity index is 3.91. The monoisotopic (exact) mass is 523 g/mol. The van der Waals surface area contributed by atoms with E-state index in [2.05, 4.69) is 19.2 Å². The van der Waals surface area contributed by atoms with Crippen LogP contribution in [0, 0.1) is 5.92 Å². The maximum atomic E-state index is 12.8. The minimum atomic E-state index is -0.526. The molecule has 1 atom stereocenters. The number of carbonyl (C=O) groups is 2. The van der Waals surface area contributed by atoms with Gasteiger partial charge in [0.05, 0.1) is 12.5 Å². The highest BCUT2D eigenvalue weighted by molar-refractivity contribution is 6.01. The van der Waals surface area contributed by atoms with Crippen molar-refractivity contribution in [2.75, 3.05) is 13.2 Å². The van der Waals surface area contributed by atoms with Crippen molar-refractivity contribution in [1.82, 2.24) is 5.32 Å². The van der Waals surface area contributed by atoms with E-state index in [0.717, 1.165) is 25.7 Å². The summed E-state index contributed by atoms with van der Waals surface area (Å²) in [5, 5.41) is 11.8. The van der Waals surface area contributed by atoms with Crippen LogP contribution in [0.25, 0.3) is 0 Å². The molecule has 220 valence electrons. The molecular formula is C33H65NO3. The van der Waals surface area contributed by atoms with Gasteiger partial charge in [-0.1, -0.05) is 162 Å². The Morgan fingerprint density at radius 1 is 0.541 bits per heavy atom. The molecule has 4 nitrogen and oxygen atoms in total. The molecule has 0 bridgehead atoms. The fourth-order valence-corrected chi connectivity index (χ4v) is 5.24. The van der Waals surface area contributed by atoms with Gasteiger partial charge in [0.15, 0.2) is 0 Å². The normalized spacial score (nSPS) is 12.1. The van der Waals surface area contributed by atoms with Crippen LogP contribution in [0.4, 0.5) is 0 Å². The average molecular weight is 524 g/mol. The summed E-state index contributed by atoms with van der Waals surface area (Å²) in [7, 11) is 0. The van der Waals surface area contributed by atoms with E-state index in [1.807, 2.05) is 0 Å². The molecule has 0 aromatic heterocycles. The fraction of sp³-hybridized carbons (Fsp3) is 0.939. The van der Waals surface area contributed by atoms with E-state index in [9.17, 15) is 9.59 Å². The van der Waals surface area contributed by atoms with Crippen molar-refractivity contribution in [3.8, 4) is 0 Å². The predicted octanol–water partition coefficient (Wildman–Crippen LogP) is 9.46. The lowest BCUT2D eigenvalue weighted by molar-refractivity contribution is -0.134.